The van der Waals surface area contributed by atoms with Gasteiger partial charge in [0.05, 0.1) is 0 Å². The van der Waals surface area contributed by atoms with Crippen molar-refractivity contribution in [3.8, 4) is 0 Å². The number of hydrogen-bond donors (Lipinski definition) is 0. The summed E-state index contributed by atoms with van der Waals surface area (Å²) in [5.74, 6) is 0. The second-order valence-electron chi connectivity index (χ2n) is 0.500. The Hall–Kier alpha value is 2.14. The molecule has 0 atom stereocenters. The maximum absolute atomic E-state index is 8.52. The van der Waals surface area contributed by atoms with E-state index in [-0.39, 0.29) is 54.6 Å². The fourth-order valence-electron chi connectivity index (χ4n) is 0. The van der Waals surface area contributed by atoms with Gasteiger partial charge in [0.25, 0.3) is 0 Å². The molecule has 10 heavy (non-hydrogen) atoms. The van der Waals surface area contributed by atoms with Crippen LogP contribution in [0.5, 0.6) is 0 Å². The molecule has 0 spiro atoms. The van der Waals surface area contributed by atoms with Crippen LogP contribution in [0.15, 0.2) is 0 Å². The van der Waals surface area contributed by atoms with Crippen molar-refractivity contribution < 1.29 is 83.3 Å². The normalized spacial score (nSPS) is 7.00. The van der Waals surface area contributed by atoms with Crippen molar-refractivity contribution >= 4 is 16.5 Å². The second kappa shape index (κ2) is 17.3. The molecule has 0 unspecified atom stereocenters. The molecule has 52 valence electrons. The van der Waals surface area contributed by atoms with E-state index in [1.54, 1.807) is 0 Å². The molecule has 10 heteroatoms. The molecule has 0 fully saturated rings. The predicted molar refractivity (Wildman–Crippen MR) is 18.0 cm³/mol. The Morgan fingerprint density at radius 2 is 0.700 bits per heavy atom. The SMILES string of the molecule is O=[PH]([O-])[O-].O=[PH]([O-])[O-].[Cd+2].[Cd+2]. The minimum Gasteiger partial charge on any atom is -0.813 e. The maximum atomic E-state index is 8.52. The van der Waals surface area contributed by atoms with E-state index in [0.717, 1.165) is 0 Å². The average Bonchev–Trinajstić information content (AvgIpc) is 1.25. The van der Waals surface area contributed by atoms with E-state index in [1.165, 1.54) is 0 Å². The van der Waals surface area contributed by atoms with Gasteiger partial charge in [0, 0.05) is 0 Å². The van der Waals surface area contributed by atoms with E-state index in [0.29, 0.717) is 0 Å². The summed E-state index contributed by atoms with van der Waals surface area (Å²) in [6.07, 6.45) is 0. The first-order chi connectivity index (χ1) is 3.46. The van der Waals surface area contributed by atoms with Crippen molar-refractivity contribution in [1.82, 2.24) is 0 Å². The van der Waals surface area contributed by atoms with Gasteiger partial charge in [-0.25, -0.2) is 0 Å². The molecule has 0 aromatic heterocycles. The third-order valence-corrected chi connectivity index (χ3v) is 0. The Balaban J connectivity index is -0.0000000300. The van der Waals surface area contributed by atoms with Crippen molar-refractivity contribution in [3.05, 3.63) is 0 Å². The van der Waals surface area contributed by atoms with Gasteiger partial charge in [-0.1, -0.05) is 16.5 Å². The Morgan fingerprint density at radius 3 is 0.700 bits per heavy atom. The fraction of sp³-hybridized carbons (Fsp3) is 0. The zero-order valence-electron chi connectivity index (χ0n) is 4.86. The van der Waals surface area contributed by atoms with Crippen molar-refractivity contribution in [3.63, 3.8) is 0 Å². The Bertz CT molecular complexity index is 71.7. The third kappa shape index (κ3) is 184. The summed E-state index contributed by atoms with van der Waals surface area (Å²) in [5.41, 5.74) is 0. The molecule has 6 nitrogen and oxygen atoms in total. The smallest absolute Gasteiger partial charge is 0.813 e. The monoisotopic (exact) mass is 388 g/mol. The second-order valence-corrected chi connectivity index (χ2v) is 1.50. The van der Waals surface area contributed by atoms with Crippen LogP contribution in [0.4, 0.5) is 0 Å². The number of rotatable bonds is 0. The van der Waals surface area contributed by atoms with Crippen LogP contribution in [-0.2, 0) is 63.7 Å². The van der Waals surface area contributed by atoms with Gasteiger partial charge in [-0.2, -0.15) is 0 Å². The third-order valence-electron chi connectivity index (χ3n) is 0. The van der Waals surface area contributed by atoms with E-state index < -0.39 is 16.5 Å². The van der Waals surface area contributed by atoms with Gasteiger partial charge >= 0.3 is 54.6 Å². The van der Waals surface area contributed by atoms with E-state index in [4.69, 9.17) is 28.7 Å². The zero-order chi connectivity index (χ0) is 7.15. The summed E-state index contributed by atoms with van der Waals surface area (Å²) in [6, 6.07) is 0. The van der Waals surface area contributed by atoms with Crippen LogP contribution in [0.2, 0.25) is 0 Å². The van der Waals surface area contributed by atoms with Crippen LogP contribution in [0.1, 0.15) is 0 Å². The van der Waals surface area contributed by atoms with Gasteiger partial charge in [-0.05, 0) is 0 Å². The summed E-state index contributed by atoms with van der Waals surface area (Å²) in [4.78, 5) is 34.1. The van der Waals surface area contributed by atoms with Gasteiger partial charge in [-0.15, -0.1) is 0 Å². The molecule has 0 radical (unpaired) electrons. The molecule has 0 rings (SSSR count). The molecule has 0 bridgehead atoms. The molecule has 0 aromatic rings. The molecule has 0 N–H and O–H groups in total. The summed E-state index contributed by atoms with van der Waals surface area (Å²) in [6.45, 7) is 0. The zero-order valence-corrected chi connectivity index (χ0v) is 14.9. The van der Waals surface area contributed by atoms with Crippen LogP contribution in [0, 0.1) is 0 Å². The molecule has 0 heterocycles. The molecule has 0 aromatic carbocycles. The average molecular weight is 385 g/mol. The van der Waals surface area contributed by atoms with Crippen LogP contribution >= 0.6 is 16.5 Å². The fourth-order valence-corrected chi connectivity index (χ4v) is 0. The van der Waals surface area contributed by atoms with Gasteiger partial charge in [0.2, 0.25) is 0 Å². The first kappa shape index (κ1) is 22.7. The predicted octanol–water partition coefficient (Wildman–Crippen LogP) is -3.81. The minimum absolute atomic E-state index is 0. The molecule has 0 saturated heterocycles. The van der Waals surface area contributed by atoms with Gasteiger partial charge in [0.15, 0.2) is 0 Å². The van der Waals surface area contributed by atoms with Gasteiger partial charge in [0.1, 0.15) is 0 Å². The van der Waals surface area contributed by atoms with Crippen LogP contribution in [0.3, 0.4) is 0 Å². The molecule has 0 aliphatic heterocycles. The van der Waals surface area contributed by atoms with Crippen molar-refractivity contribution in [2.45, 2.75) is 0 Å². The number of hydrogen-bond acceptors (Lipinski definition) is 6. The molecule has 0 aliphatic carbocycles. The van der Waals surface area contributed by atoms with E-state index >= 15 is 0 Å². The first-order valence-electron chi connectivity index (χ1n) is 1.22. The minimum atomic E-state index is -3.63. The Morgan fingerprint density at radius 1 is 0.700 bits per heavy atom. The van der Waals surface area contributed by atoms with Crippen molar-refractivity contribution in [2.24, 2.45) is 0 Å². The quantitative estimate of drug-likeness (QED) is 0.311. The largest absolute Gasteiger partial charge is 2.00 e. The molecule has 0 saturated carbocycles. The van der Waals surface area contributed by atoms with Crippen LogP contribution in [-0.4, -0.2) is 0 Å². The first-order valence-corrected chi connectivity index (χ1v) is 3.67. The van der Waals surface area contributed by atoms with Crippen molar-refractivity contribution in [1.29, 1.82) is 0 Å². The molecule has 0 aliphatic rings. The Kier molecular flexibility index (Phi) is 39.3. The summed E-state index contributed by atoms with van der Waals surface area (Å²) in [5, 5.41) is 0. The molecule has 0 amide bonds. The summed E-state index contributed by atoms with van der Waals surface area (Å²) < 4.78 is 17.0. The topological polar surface area (TPSA) is 126 Å². The van der Waals surface area contributed by atoms with E-state index in [2.05, 4.69) is 0 Å². The van der Waals surface area contributed by atoms with Gasteiger partial charge < -0.3 is 28.7 Å². The molecular weight excluding hydrogens is 383 g/mol. The summed E-state index contributed by atoms with van der Waals surface area (Å²) in [7, 11) is -7.26. The van der Waals surface area contributed by atoms with E-state index in [9.17, 15) is 0 Å². The summed E-state index contributed by atoms with van der Waals surface area (Å²) >= 11 is 0. The van der Waals surface area contributed by atoms with Gasteiger partial charge in [-0.3, -0.25) is 0 Å². The van der Waals surface area contributed by atoms with Crippen LogP contribution in [0.25, 0.3) is 0 Å². The van der Waals surface area contributed by atoms with Crippen molar-refractivity contribution in [2.75, 3.05) is 0 Å². The van der Waals surface area contributed by atoms with Crippen LogP contribution < -0.4 is 19.6 Å². The van der Waals surface area contributed by atoms with E-state index in [1.807, 2.05) is 0 Å². The Labute approximate surface area is 98.9 Å². The molecular formula is H2Cd2O6P2. The standard InChI is InChI=1S/2Cd.2H3O3P/c;;2*1-4(2)3/h;;2*4H,(H2,1,2,3)/q2*+2;;/p-4. The maximum Gasteiger partial charge on any atom is 2.00 e.